The lowest BCUT2D eigenvalue weighted by atomic mass is 10.2. The standard InChI is InChI=1S/C15H18O5/c1-5-18-11(4)19-15(17)12-6-8-13(9-7-12)20-14(16)10(2)3/h6-9,11H,2,5H2,1,3-4H3. The van der Waals surface area contributed by atoms with Crippen LogP contribution in [0.15, 0.2) is 36.4 Å². The summed E-state index contributed by atoms with van der Waals surface area (Å²) in [7, 11) is 0. The lowest BCUT2D eigenvalue weighted by Gasteiger charge is -2.12. The predicted octanol–water partition coefficient (Wildman–Crippen LogP) is 2.71. The van der Waals surface area contributed by atoms with Gasteiger partial charge >= 0.3 is 11.9 Å². The minimum Gasteiger partial charge on any atom is -0.432 e. The number of carbonyl (C=O) groups excluding carboxylic acids is 2. The minimum atomic E-state index is -0.603. The Kier molecular flexibility index (Phi) is 5.93. The van der Waals surface area contributed by atoms with Gasteiger partial charge in [0.25, 0.3) is 0 Å². The molecule has 5 heteroatoms. The quantitative estimate of drug-likeness (QED) is 0.346. The highest BCUT2D eigenvalue weighted by Gasteiger charge is 2.12. The number of carbonyl (C=O) groups is 2. The van der Waals surface area contributed by atoms with Crippen LogP contribution in [0, 0.1) is 0 Å². The molecule has 20 heavy (non-hydrogen) atoms. The fraction of sp³-hybridized carbons (Fsp3) is 0.333. The average molecular weight is 278 g/mol. The molecule has 1 unspecified atom stereocenters. The van der Waals surface area contributed by atoms with Gasteiger partial charge in [0, 0.05) is 12.2 Å². The third kappa shape index (κ3) is 4.85. The fourth-order valence-electron chi connectivity index (χ4n) is 1.34. The molecule has 0 aliphatic heterocycles. The highest BCUT2D eigenvalue weighted by molar-refractivity contribution is 5.90. The third-order valence-corrected chi connectivity index (χ3v) is 2.32. The van der Waals surface area contributed by atoms with Crippen molar-refractivity contribution in [3.63, 3.8) is 0 Å². The number of esters is 2. The molecule has 1 atom stereocenters. The Morgan fingerprint density at radius 2 is 1.85 bits per heavy atom. The summed E-state index contributed by atoms with van der Waals surface area (Å²) >= 11 is 0. The number of rotatable bonds is 6. The Hall–Kier alpha value is -2.14. The Labute approximate surface area is 118 Å². The summed E-state index contributed by atoms with van der Waals surface area (Å²) < 4.78 is 15.2. The first-order valence-electron chi connectivity index (χ1n) is 6.24. The van der Waals surface area contributed by atoms with E-state index in [1.165, 1.54) is 24.3 Å². The van der Waals surface area contributed by atoms with E-state index in [4.69, 9.17) is 14.2 Å². The van der Waals surface area contributed by atoms with Crippen molar-refractivity contribution in [1.82, 2.24) is 0 Å². The van der Waals surface area contributed by atoms with Gasteiger partial charge in [0.1, 0.15) is 5.75 Å². The van der Waals surface area contributed by atoms with Crippen LogP contribution in [-0.4, -0.2) is 24.8 Å². The first kappa shape index (κ1) is 15.9. The molecule has 1 rings (SSSR count). The Morgan fingerprint density at radius 1 is 1.25 bits per heavy atom. The fourth-order valence-corrected chi connectivity index (χ4v) is 1.34. The molecular formula is C15H18O5. The smallest absolute Gasteiger partial charge is 0.340 e. The van der Waals surface area contributed by atoms with Crippen molar-refractivity contribution >= 4 is 11.9 Å². The molecule has 1 aromatic rings. The van der Waals surface area contributed by atoms with E-state index < -0.39 is 18.2 Å². The predicted molar refractivity (Wildman–Crippen MR) is 73.4 cm³/mol. The zero-order chi connectivity index (χ0) is 15.1. The second-order valence-corrected chi connectivity index (χ2v) is 4.12. The van der Waals surface area contributed by atoms with Gasteiger partial charge in [0.15, 0.2) is 6.29 Å². The van der Waals surface area contributed by atoms with E-state index in [-0.39, 0.29) is 0 Å². The Morgan fingerprint density at radius 3 is 2.35 bits per heavy atom. The maximum absolute atomic E-state index is 11.7. The molecule has 0 saturated carbocycles. The van der Waals surface area contributed by atoms with Crippen LogP contribution in [0.5, 0.6) is 5.75 Å². The molecule has 0 aliphatic carbocycles. The first-order valence-corrected chi connectivity index (χ1v) is 6.24. The second-order valence-electron chi connectivity index (χ2n) is 4.12. The van der Waals surface area contributed by atoms with Crippen LogP contribution in [0.25, 0.3) is 0 Å². The van der Waals surface area contributed by atoms with Gasteiger partial charge < -0.3 is 14.2 Å². The topological polar surface area (TPSA) is 61.8 Å². The summed E-state index contributed by atoms with van der Waals surface area (Å²) in [6.45, 7) is 8.96. The summed E-state index contributed by atoms with van der Waals surface area (Å²) in [4.78, 5) is 23.1. The third-order valence-electron chi connectivity index (χ3n) is 2.32. The van der Waals surface area contributed by atoms with Crippen molar-refractivity contribution in [1.29, 1.82) is 0 Å². The molecule has 0 amide bonds. The van der Waals surface area contributed by atoms with E-state index in [0.717, 1.165) is 0 Å². The van der Waals surface area contributed by atoms with E-state index in [9.17, 15) is 9.59 Å². The highest BCUT2D eigenvalue weighted by atomic mass is 16.7. The van der Waals surface area contributed by atoms with E-state index in [2.05, 4.69) is 6.58 Å². The van der Waals surface area contributed by atoms with Crippen LogP contribution in [0.4, 0.5) is 0 Å². The summed E-state index contributed by atoms with van der Waals surface area (Å²) in [5, 5.41) is 0. The maximum Gasteiger partial charge on any atom is 0.340 e. The molecule has 0 saturated heterocycles. The first-order chi connectivity index (χ1) is 9.43. The van der Waals surface area contributed by atoms with Crippen LogP contribution in [-0.2, 0) is 14.3 Å². The van der Waals surface area contributed by atoms with Gasteiger partial charge in [-0.05, 0) is 45.0 Å². The van der Waals surface area contributed by atoms with Crippen LogP contribution in [0.1, 0.15) is 31.1 Å². The van der Waals surface area contributed by atoms with Gasteiger partial charge in [0.05, 0.1) is 5.56 Å². The minimum absolute atomic E-state index is 0.305. The normalized spacial score (nSPS) is 11.6. The highest BCUT2D eigenvalue weighted by Crippen LogP contribution is 2.14. The molecule has 5 nitrogen and oxygen atoms in total. The van der Waals surface area contributed by atoms with Crippen molar-refractivity contribution in [2.24, 2.45) is 0 Å². The van der Waals surface area contributed by atoms with Gasteiger partial charge in [-0.25, -0.2) is 9.59 Å². The van der Waals surface area contributed by atoms with E-state index >= 15 is 0 Å². The zero-order valence-electron chi connectivity index (χ0n) is 11.8. The average Bonchev–Trinajstić information content (AvgIpc) is 2.39. The van der Waals surface area contributed by atoms with Crippen molar-refractivity contribution in [3.8, 4) is 5.75 Å². The molecule has 1 aromatic carbocycles. The molecule has 0 fully saturated rings. The van der Waals surface area contributed by atoms with Crippen molar-refractivity contribution < 1.29 is 23.8 Å². The molecule has 0 radical (unpaired) electrons. The van der Waals surface area contributed by atoms with Crippen molar-refractivity contribution in [2.75, 3.05) is 6.61 Å². The molecular weight excluding hydrogens is 260 g/mol. The van der Waals surface area contributed by atoms with Crippen LogP contribution < -0.4 is 4.74 Å². The summed E-state index contributed by atoms with van der Waals surface area (Å²) in [6.07, 6.45) is -0.603. The van der Waals surface area contributed by atoms with Gasteiger partial charge in [-0.1, -0.05) is 6.58 Å². The summed E-state index contributed by atoms with van der Waals surface area (Å²) in [5.74, 6) is -0.665. The Balaban J connectivity index is 2.64. The number of hydrogen-bond acceptors (Lipinski definition) is 5. The van der Waals surface area contributed by atoms with Gasteiger partial charge in [0.2, 0.25) is 0 Å². The van der Waals surface area contributed by atoms with Crippen molar-refractivity contribution in [3.05, 3.63) is 42.0 Å². The molecule has 0 aliphatic rings. The largest absolute Gasteiger partial charge is 0.432 e. The second kappa shape index (κ2) is 7.45. The number of hydrogen-bond donors (Lipinski definition) is 0. The lowest BCUT2D eigenvalue weighted by Crippen LogP contribution is -2.18. The summed E-state index contributed by atoms with van der Waals surface area (Å²) in [5.41, 5.74) is 0.658. The van der Waals surface area contributed by atoms with Crippen LogP contribution in [0.2, 0.25) is 0 Å². The number of benzene rings is 1. The SMILES string of the molecule is C=C(C)C(=O)Oc1ccc(C(=O)OC(C)OCC)cc1. The number of ether oxygens (including phenoxy) is 3. The molecule has 0 spiro atoms. The molecule has 0 bridgehead atoms. The van der Waals surface area contributed by atoms with Crippen molar-refractivity contribution in [2.45, 2.75) is 27.1 Å². The maximum atomic E-state index is 11.7. The van der Waals surface area contributed by atoms with Crippen LogP contribution >= 0.6 is 0 Å². The summed E-state index contributed by atoms with van der Waals surface area (Å²) in [6, 6.07) is 6.07. The van der Waals surface area contributed by atoms with E-state index in [1.807, 2.05) is 6.92 Å². The zero-order valence-corrected chi connectivity index (χ0v) is 11.8. The molecule has 0 N–H and O–H groups in total. The van der Waals surface area contributed by atoms with Crippen LogP contribution in [0.3, 0.4) is 0 Å². The monoisotopic (exact) mass is 278 g/mol. The van der Waals surface area contributed by atoms with E-state index in [1.54, 1.807) is 13.8 Å². The molecule has 0 aromatic heterocycles. The van der Waals surface area contributed by atoms with Gasteiger partial charge in [-0.15, -0.1) is 0 Å². The molecule has 0 heterocycles. The Bertz CT molecular complexity index is 489. The van der Waals surface area contributed by atoms with E-state index in [0.29, 0.717) is 23.5 Å². The van der Waals surface area contributed by atoms with Gasteiger partial charge in [-0.2, -0.15) is 0 Å². The lowest BCUT2D eigenvalue weighted by molar-refractivity contribution is -0.130. The van der Waals surface area contributed by atoms with Gasteiger partial charge in [-0.3, -0.25) is 0 Å². The molecule has 108 valence electrons.